The molecule has 1 aliphatic rings. The summed E-state index contributed by atoms with van der Waals surface area (Å²) in [6.45, 7) is 10.1. The van der Waals surface area contributed by atoms with Crippen molar-refractivity contribution in [1.29, 1.82) is 0 Å². The third kappa shape index (κ3) is 7.93. The molecule has 1 unspecified atom stereocenters. The van der Waals surface area contributed by atoms with E-state index in [0.29, 0.717) is 5.69 Å². The molecule has 0 aromatic carbocycles. The van der Waals surface area contributed by atoms with Gasteiger partial charge in [-0.3, -0.25) is 0 Å². The van der Waals surface area contributed by atoms with Gasteiger partial charge in [-0.25, -0.2) is 31.9 Å². The highest BCUT2D eigenvalue weighted by Crippen LogP contribution is 2.41. The fourth-order valence-corrected chi connectivity index (χ4v) is 4.87. The molecule has 3 atom stereocenters. The molecule has 0 spiro atoms. The number of aromatic nitrogens is 3. The van der Waals surface area contributed by atoms with E-state index in [-0.39, 0.29) is 42.8 Å². The SMILES string of the molecule is CC(C)(C)OC(=O)N[C@H](c1cn2ncc(C(N[S@@+]([O-])C(C)(C)C)C(F)F)cc2n1)C1CCC(F)(F)CC1. The fourth-order valence-electron chi connectivity index (χ4n) is 4.05. The van der Waals surface area contributed by atoms with Gasteiger partial charge in [-0.2, -0.15) is 5.10 Å². The number of ether oxygens (including phenoxy) is 1. The Kier molecular flexibility index (Phi) is 8.70. The van der Waals surface area contributed by atoms with Gasteiger partial charge in [0.05, 0.1) is 24.1 Å². The molecule has 208 valence electrons. The summed E-state index contributed by atoms with van der Waals surface area (Å²) < 4.78 is 76.3. The second-order valence-electron chi connectivity index (χ2n) is 11.4. The van der Waals surface area contributed by atoms with E-state index >= 15 is 0 Å². The molecule has 0 saturated heterocycles. The molecule has 1 saturated carbocycles. The topological polar surface area (TPSA) is 104 Å². The predicted molar refractivity (Wildman–Crippen MR) is 132 cm³/mol. The van der Waals surface area contributed by atoms with E-state index in [1.54, 1.807) is 41.5 Å². The summed E-state index contributed by atoms with van der Waals surface area (Å²) in [5.41, 5.74) is -0.107. The van der Waals surface area contributed by atoms with Gasteiger partial charge < -0.3 is 14.6 Å². The lowest BCUT2D eigenvalue weighted by Gasteiger charge is -2.33. The number of hydrogen-bond acceptors (Lipinski definition) is 6. The van der Waals surface area contributed by atoms with E-state index in [4.69, 9.17) is 4.74 Å². The molecule has 3 rings (SSSR count). The van der Waals surface area contributed by atoms with Crippen molar-refractivity contribution in [1.82, 2.24) is 24.6 Å². The Hall–Kier alpha value is -2.12. The molecule has 2 heterocycles. The first-order valence-electron chi connectivity index (χ1n) is 12.1. The Morgan fingerprint density at radius 3 is 2.38 bits per heavy atom. The molecule has 8 nitrogen and oxygen atoms in total. The minimum atomic E-state index is -2.87. The van der Waals surface area contributed by atoms with Gasteiger partial charge in [0, 0.05) is 29.8 Å². The van der Waals surface area contributed by atoms with Crippen molar-refractivity contribution in [3.05, 3.63) is 29.7 Å². The molecule has 1 fully saturated rings. The first-order chi connectivity index (χ1) is 16.9. The fraction of sp³-hybridized carbons (Fsp3) is 0.708. The number of carbonyl (C=O) groups excluding carboxylic acids is 1. The summed E-state index contributed by atoms with van der Waals surface area (Å²) in [4.78, 5) is 17.1. The maximum Gasteiger partial charge on any atom is 0.408 e. The highest BCUT2D eigenvalue weighted by molar-refractivity contribution is 7.90. The van der Waals surface area contributed by atoms with Crippen LogP contribution in [-0.4, -0.2) is 47.9 Å². The molecule has 2 aromatic rings. The van der Waals surface area contributed by atoms with Crippen LogP contribution < -0.4 is 10.0 Å². The Morgan fingerprint density at radius 1 is 1.22 bits per heavy atom. The average molecular weight is 550 g/mol. The highest BCUT2D eigenvalue weighted by Gasteiger charge is 2.40. The van der Waals surface area contributed by atoms with E-state index in [9.17, 15) is 26.9 Å². The smallest absolute Gasteiger partial charge is 0.408 e. The number of imidazole rings is 1. The van der Waals surface area contributed by atoms with Crippen LogP contribution in [0.4, 0.5) is 22.4 Å². The molecule has 2 aromatic heterocycles. The van der Waals surface area contributed by atoms with Crippen molar-refractivity contribution in [2.75, 3.05) is 0 Å². The van der Waals surface area contributed by atoms with E-state index in [2.05, 4.69) is 20.1 Å². The lowest BCUT2D eigenvalue weighted by Crippen LogP contribution is -2.43. The number of nitrogens with zero attached hydrogens (tertiary/aromatic N) is 3. The maximum absolute atomic E-state index is 13.9. The standard InChI is InChI=1S/C24H35F4N5O3S/c1-22(2,3)36-21(34)31-18(14-7-9-24(27,28)10-8-14)16-13-33-17(30-16)11-15(12-29-33)19(20(25)26)32-37(35)23(4,5)6/h11-14,18-20,32H,7-10H2,1-6H3,(H,31,34)/t18-,19?,37-/m0/s1. The van der Waals surface area contributed by atoms with E-state index in [0.717, 1.165) is 0 Å². The zero-order valence-corrected chi connectivity index (χ0v) is 22.7. The molecule has 13 heteroatoms. The van der Waals surface area contributed by atoms with Gasteiger partial charge >= 0.3 is 6.09 Å². The lowest BCUT2D eigenvalue weighted by atomic mass is 9.81. The number of amides is 1. The van der Waals surface area contributed by atoms with Crippen molar-refractivity contribution < 1.29 is 31.6 Å². The number of carbonyl (C=O) groups is 1. The van der Waals surface area contributed by atoms with Crippen molar-refractivity contribution >= 4 is 23.1 Å². The second kappa shape index (κ2) is 10.9. The largest absolute Gasteiger partial charge is 0.598 e. The predicted octanol–water partition coefficient (Wildman–Crippen LogP) is 5.48. The Morgan fingerprint density at radius 2 is 1.84 bits per heavy atom. The van der Waals surface area contributed by atoms with Gasteiger partial charge in [0.25, 0.3) is 6.43 Å². The number of rotatable bonds is 7. The minimum Gasteiger partial charge on any atom is -0.598 e. The average Bonchev–Trinajstić information content (AvgIpc) is 3.16. The first kappa shape index (κ1) is 29.4. The summed E-state index contributed by atoms with van der Waals surface area (Å²) >= 11 is -1.76. The Balaban J connectivity index is 1.92. The van der Waals surface area contributed by atoms with Crippen LogP contribution in [0, 0.1) is 5.92 Å². The van der Waals surface area contributed by atoms with Crippen LogP contribution in [0.3, 0.4) is 0 Å². The van der Waals surface area contributed by atoms with Crippen molar-refractivity contribution in [2.45, 2.75) is 102 Å². The number of halogens is 4. The van der Waals surface area contributed by atoms with Crippen LogP contribution in [0.15, 0.2) is 18.5 Å². The summed E-state index contributed by atoms with van der Waals surface area (Å²) in [7, 11) is 0. The van der Waals surface area contributed by atoms with E-state index in [1.165, 1.54) is 23.0 Å². The second-order valence-corrected chi connectivity index (χ2v) is 13.4. The van der Waals surface area contributed by atoms with Crippen molar-refractivity contribution in [3.63, 3.8) is 0 Å². The van der Waals surface area contributed by atoms with Crippen LogP contribution >= 0.6 is 0 Å². The number of alkyl halides is 4. The molecule has 0 radical (unpaired) electrons. The Bertz CT molecular complexity index is 1080. The number of nitrogens with one attached hydrogen (secondary N) is 2. The first-order valence-corrected chi connectivity index (χ1v) is 13.3. The molecule has 37 heavy (non-hydrogen) atoms. The summed E-state index contributed by atoms with van der Waals surface area (Å²) in [5.74, 6) is -3.09. The highest BCUT2D eigenvalue weighted by atomic mass is 32.2. The molecular formula is C24H35F4N5O3S. The maximum atomic E-state index is 13.9. The van der Waals surface area contributed by atoms with Crippen LogP contribution in [0.2, 0.25) is 0 Å². The molecule has 1 amide bonds. The third-order valence-corrected chi connectivity index (χ3v) is 7.57. The summed E-state index contributed by atoms with van der Waals surface area (Å²) in [6.07, 6.45) is -1.11. The monoisotopic (exact) mass is 549 g/mol. The number of hydrogen-bond donors (Lipinski definition) is 2. The molecular weight excluding hydrogens is 514 g/mol. The van der Waals surface area contributed by atoms with Crippen LogP contribution in [0.25, 0.3) is 5.65 Å². The van der Waals surface area contributed by atoms with Gasteiger partial charge in [0.1, 0.15) is 16.4 Å². The molecule has 1 aliphatic carbocycles. The zero-order chi connectivity index (χ0) is 27.8. The lowest BCUT2D eigenvalue weighted by molar-refractivity contribution is -0.0500. The van der Waals surface area contributed by atoms with Crippen molar-refractivity contribution in [3.8, 4) is 0 Å². The molecule has 2 N–H and O–H groups in total. The quantitative estimate of drug-likeness (QED) is 0.350. The number of alkyl carbamates (subject to hydrolysis) is 1. The normalized spacial score (nSPS) is 19.6. The Labute approximate surface area is 217 Å². The van der Waals surface area contributed by atoms with Gasteiger partial charge in [-0.05, 0) is 66.4 Å². The van der Waals surface area contributed by atoms with E-state index < -0.39 is 52.2 Å². The van der Waals surface area contributed by atoms with Gasteiger partial charge in [0.2, 0.25) is 5.92 Å². The zero-order valence-electron chi connectivity index (χ0n) is 21.9. The van der Waals surface area contributed by atoms with Crippen LogP contribution in [-0.2, 0) is 16.1 Å². The molecule has 0 bridgehead atoms. The van der Waals surface area contributed by atoms with Crippen molar-refractivity contribution in [2.24, 2.45) is 5.92 Å². The summed E-state index contributed by atoms with van der Waals surface area (Å²) in [6, 6.07) is -0.887. The van der Waals surface area contributed by atoms with Crippen LogP contribution in [0.1, 0.15) is 90.6 Å². The molecule has 0 aliphatic heterocycles. The van der Waals surface area contributed by atoms with Crippen LogP contribution in [0.5, 0.6) is 0 Å². The number of fused-ring (bicyclic) bond motifs is 1. The summed E-state index contributed by atoms with van der Waals surface area (Å²) in [5, 5.41) is 6.95. The van der Waals surface area contributed by atoms with E-state index in [1.807, 2.05) is 0 Å². The minimum absolute atomic E-state index is 0.0891. The third-order valence-electron chi connectivity index (χ3n) is 5.99. The van der Waals surface area contributed by atoms with Gasteiger partial charge in [0.15, 0.2) is 5.65 Å². The van der Waals surface area contributed by atoms with Gasteiger partial charge in [-0.1, -0.05) is 0 Å². The van der Waals surface area contributed by atoms with Gasteiger partial charge in [-0.15, -0.1) is 4.72 Å².